The molecule has 0 N–H and O–H groups in total. The molecule has 0 aliphatic carbocycles. The molecule has 3 aromatic rings. The molecule has 0 unspecified atom stereocenters. The van der Waals surface area contributed by atoms with Crippen molar-refractivity contribution in [2.24, 2.45) is 0 Å². The van der Waals surface area contributed by atoms with Gasteiger partial charge in [-0.05, 0) is 42.7 Å². The zero-order valence-corrected chi connectivity index (χ0v) is 17.7. The van der Waals surface area contributed by atoms with E-state index in [9.17, 15) is 9.18 Å². The van der Waals surface area contributed by atoms with Gasteiger partial charge in [0.15, 0.2) is 11.7 Å². The van der Waals surface area contributed by atoms with Gasteiger partial charge in [-0.2, -0.15) is 0 Å². The maximum atomic E-state index is 14.0. The summed E-state index contributed by atoms with van der Waals surface area (Å²) in [6.45, 7) is 0.752. The first-order valence-electron chi connectivity index (χ1n) is 10.8. The zero-order chi connectivity index (χ0) is 21.6. The number of carbonyl (C=O) groups excluding carboxylic acids is 1. The van der Waals surface area contributed by atoms with Crippen LogP contribution in [0.25, 0.3) is 11.3 Å². The number of benzene rings is 2. The third-order valence-corrected chi connectivity index (χ3v) is 5.82. The first kappa shape index (κ1) is 21.1. The minimum atomic E-state index is -0.354. The molecule has 162 valence electrons. The second kappa shape index (κ2) is 9.77. The molecule has 1 aliphatic rings. The van der Waals surface area contributed by atoms with Crippen molar-refractivity contribution in [3.8, 4) is 17.1 Å². The van der Waals surface area contributed by atoms with E-state index in [1.165, 1.54) is 12.3 Å². The van der Waals surface area contributed by atoms with Crippen LogP contribution in [0, 0.1) is 5.82 Å². The molecule has 1 aliphatic heterocycles. The van der Waals surface area contributed by atoms with Crippen LogP contribution in [0.3, 0.4) is 0 Å². The molecule has 6 heteroatoms. The largest absolute Gasteiger partial charge is 0.497 e. The molecule has 0 bridgehead atoms. The van der Waals surface area contributed by atoms with E-state index in [-0.39, 0.29) is 17.8 Å². The molecule has 1 aromatic heterocycles. The summed E-state index contributed by atoms with van der Waals surface area (Å²) in [5.74, 6) is 1.38. The molecular weight excluding hydrogens is 395 g/mol. The second-order valence-electron chi connectivity index (χ2n) is 7.82. The minimum absolute atomic E-state index is 0.0689. The number of ether oxygens (including phenoxy) is 1. The van der Waals surface area contributed by atoms with E-state index in [0.717, 1.165) is 43.5 Å². The van der Waals surface area contributed by atoms with Crippen LogP contribution < -0.4 is 4.74 Å². The van der Waals surface area contributed by atoms with Gasteiger partial charge in [0.2, 0.25) is 5.91 Å². The Bertz CT molecular complexity index is 1020. The molecule has 1 amide bonds. The van der Waals surface area contributed by atoms with E-state index in [1.54, 1.807) is 25.3 Å². The fraction of sp³-hybridized carbons (Fsp3) is 0.360. The second-order valence-corrected chi connectivity index (χ2v) is 7.82. The average Bonchev–Trinajstić information content (AvgIpc) is 3.13. The van der Waals surface area contributed by atoms with Crippen molar-refractivity contribution in [2.45, 2.75) is 44.6 Å². The average molecular weight is 423 g/mol. The number of amides is 1. The van der Waals surface area contributed by atoms with Crippen molar-refractivity contribution in [3.63, 3.8) is 0 Å². The molecule has 4 rings (SSSR count). The fourth-order valence-electron chi connectivity index (χ4n) is 4.15. The highest BCUT2D eigenvalue weighted by Gasteiger charge is 2.27. The molecular formula is C25H27FN2O3. The fourth-order valence-corrected chi connectivity index (χ4v) is 4.15. The van der Waals surface area contributed by atoms with Crippen LogP contribution in [0.15, 0.2) is 59.1 Å². The van der Waals surface area contributed by atoms with Crippen LogP contribution in [0.4, 0.5) is 4.39 Å². The molecule has 1 atom stereocenters. The molecule has 1 saturated heterocycles. The molecule has 2 aromatic carbocycles. The molecule has 1 fully saturated rings. The van der Waals surface area contributed by atoms with Crippen molar-refractivity contribution >= 4 is 5.91 Å². The lowest BCUT2D eigenvalue weighted by Crippen LogP contribution is -2.35. The number of aryl methyl sites for hydroxylation is 1. The number of hydrogen-bond donors (Lipinski definition) is 0. The van der Waals surface area contributed by atoms with Crippen LogP contribution in [0.1, 0.15) is 49.6 Å². The Balaban J connectivity index is 1.44. The number of methoxy groups -OCH3 is 1. The highest BCUT2D eigenvalue weighted by atomic mass is 19.1. The van der Waals surface area contributed by atoms with E-state index >= 15 is 0 Å². The van der Waals surface area contributed by atoms with Crippen LogP contribution in [0.5, 0.6) is 5.75 Å². The maximum Gasteiger partial charge on any atom is 0.223 e. The Labute approximate surface area is 181 Å². The Morgan fingerprint density at radius 3 is 2.74 bits per heavy atom. The molecule has 0 saturated carbocycles. The van der Waals surface area contributed by atoms with E-state index in [0.29, 0.717) is 30.1 Å². The van der Waals surface area contributed by atoms with Gasteiger partial charge < -0.3 is 14.1 Å². The molecule has 5 nitrogen and oxygen atoms in total. The highest BCUT2D eigenvalue weighted by Crippen LogP contribution is 2.32. The summed E-state index contributed by atoms with van der Waals surface area (Å²) >= 11 is 0. The third kappa shape index (κ3) is 4.95. The van der Waals surface area contributed by atoms with Crippen molar-refractivity contribution < 1.29 is 18.3 Å². The topological polar surface area (TPSA) is 55.6 Å². The van der Waals surface area contributed by atoms with Gasteiger partial charge in [0.05, 0.1) is 24.9 Å². The lowest BCUT2D eigenvalue weighted by Gasteiger charge is -2.30. The molecule has 2 heterocycles. The van der Waals surface area contributed by atoms with Gasteiger partial charge in [-0.3, -0.25) is 4.79 Å². The van der Waals surface area contributed by atoms with Crippen molar-refractivity contribution in [3.05, 3.63) is 72.0 Å². The van der Waals surface area contributed by atoms with Crippen LogP contribution in [-0.2, 0) is 11.2 Å². The van der Waals surface area contributed by atoms with Crippen molar-refractivity contribution in [1.82, 2.24) is 9.88 Å². The monoisotopic (exact) mass is 422 g/mol. The van der Waals surface area contributed by atoms with Gasteiger partial charge in [-0.15, -0.1) is 0 Å². The van der Waals surface area contributed by atoms with Crippen LogP contribution >= 0.6 is 0 Å². The van der Waals surface area contributed by atoms with Crippen LogP contribution in [0.2, 0.25) is 0 Å². The van der Waals surface area contributed by atoms with Gasteiger partial charge in [0.1, 0.15) is 11.6 Å². The van der Waals surface area contributed by atoms with Gasteiger partial charge in [0.25, 0.3) is 0 Å². The van der Waals surface area contributed by atoms with E-state index in [4.69, 9.17) is 9.15 Å². The zero-order valence-electron chi connectivity index (χ0n) is 17.7. The minimum Gasteiger partial charge on any atom is -0.497 e. The Kier molecular flexibility index (Phi) is 6.65. The standard InChI is InChI=1S/C25H27FN2O3/c1-30-19-12-10-18(11-13-19)22-9-3-2-6-16-28(22)25(29)15-14-24-27-17-23(31-24)20-7-4-5-8-21(20)26/h4-5,7-8,10-13,17,22H,2-3,6,9,14-16H2,1H3/t22-/m1/s1. The van der Waals surface area contributed by atoms with Gasteiger partial charge in [-0.1, -0.05) is 37.1 Å². The van der Waals surface area contributed by atoms with Gasteiger partial charge >= 0.3 is 0 Å². The van der Waals surface area contributed by atoms with Crippen molar-refractivity contribution in [2.75, 3.05) is 13.7 Å². The summed E-state index contributed by atoms with van der Waals surface area (Å²) in [5, 5.41) is 0. The summed E-state index contributed by atoms with van der Waals surface area (Å²) in [4.78, 5) is 19.4. The SMILES string of the molecule is COc1ccc([C@H]2CCCCCN2C(=O)CCc2ncc(-c3ccccc3F)o2)cc1. The molecule has 0 radical (unpaired) electrons. The lowest BCUT2D eigenvalue weighted by atomic mass is 10.00. The van der Waals surface area contributed by atoms with Gasteiger partial charge in [0, 0.05) is 19.4 Å². The number of likely N-dealkylation sites (tertiary alicyclic amines) is 1. The normalized spacial score (nSPS) is 16.7. The predicted octanol–water partition coefficient (Wildman–Crippen LogP) is 5.57. The maximum absolute atomic E-state index is 14.0. The molecule has 31 heavy (non-hydrogen) atoms. The lowest BCUT2D eigenvalue weighted by molar-refractivity contribution is -0.133. The first-order chi connectivity index (χ1) is 15.2. The third-order valence-electron chi connectivity index (χ3n) is 5.82. The number of aromatic nitrogens is 1. The van der Waals surface area contributed by atoms with E-state index < -0.39 is 0 Å². The number of oxazole rings is 1. The predicted molar refractivity (Wildman–Crippen MR) is 116 cm³/mol. The smallest absolute Gasteiger partial charge is 0.223 e. The Morgan fingerprint density at radius 1 is 1.16 bits per heavy atom. The number of rotatable bonds is 6. The molecule has 0 spiro atoms. The summed E-state index contributed by atoms with van der Waals surface area (Å²) in [5.41, 5.74) is 1.51. The summed E-state index contributed by atoms with van der Waals surface area (Å²) < 4.78 is 25.0. The summed E-state index contributed by atoms with van der Waals surface area (Å²) in [7, 11) is 1.65. The number of carbonyl (C=O) groups is 1. The Hall–Kier alpha value is -3.15. The van der Waals surface area contributed by atoms with Crippen molar-refractivity contribution in [1.29, 1.82) is 0 Å². The van der Waals surface area contributed by atoms with Gasteiger partial charge in [-0.25, -0.2) is 9.37 Å². The van der Waals surface area contributed by atoms with Crippen LogP contribution in [-0.4, -0.2) is 29.4 Å². The summed E-state index contributed by atoms with van der Waals surface area (Å²) in [6, 6.07) is 14.5. The number of halogens is 1. The van der Waals surface area contributed by atoms with E-state index in [2.05, 4.69) is 4.98 Å². The quantitative estimate of drug-likeness (QED) is 0.521. The Morgan fingerprint density at radius 2 is 1.97 bits per heavy atom. The number of nitrogens with zero attached hydrogens (tertiary/aromatic N) is 2. The first-order valence-corrected chi connectivity index (χ1v) is 10.8. The highest BCUT2D eigenvalue weighted by molar-refractivity contribution is 5.77. The van der Waals surface area contributed by atoms with E-state index in [1.807, 2.05) is 29.2 Å². The number of hydrogen-bond acceptors (Lipinski definition) is 4. The summed E-state index contributed by atoms with van der Waals surface area (Å²) in [6.07, 6.45) is 6.41.